The molecule has 0 aromatic carbocycles. The number of fused-ring (bicyclic) bond motifs is 1. The van der Waals surface area contributed by atoms with Gasteiger partial charge in [0.25, 0.3) is 0 Å². The van der Waals surface area contributed by atoms with Gasteiger partial charge in [-0.05, 0) is 25.7 Å². The van der Waals surface area contributed by atoms with Gasteiger partial charge in [0.1, 0.15) is 5.76 Å². The first-order chi connectivity index (χ1) is 7.27. The summed E-state index contributed by atoms with van der Waals surface area (Å²) in [6.45, 7) is 0. The number of hydrogen-bond donors (Lipinski definition) is 1. The highest BCUT2D eigenvalue weighted by molar-refractivity contribution is 5.77. The Bertz CT molecular complexity index is 406. The number of aryl methyl sites for hydroxylation is 1. The molecule has 1 aromatic rings. The van der Waals surface area contributed by atoms with Crippen LogP contribution in [0.4, 0.5) is 0 Å². The summed E-state index contributed by atoms with van der Waals surface area (Å²) >= 11 is 0. The van der Waals surface area contributed by atoms with Crippen LogP contribution in [-0.4, -0.2) is 16.2 Å². The minimum absolute atomic E-state index is 0.379. The Kier molecular flexibility index (Phi) is 1.84. The molecule has 3 rings (SSSR count). The Hall–Kier alpha value is -1.32. The van der Waals surface area contributed by atoms with Crippen LogP contribution in [0.25, 0.3) is 0 Å². The Morgan fingerprint density at radius 3 is 2.87 bits per heavy atom. The standard InChI is InChI=1S/C11H13NO3/c13-11(14)7-2-1-3-8-9(7)10(12-15-8)6-4-5-6/h6-7H,1-5H2,(H,13,14). The smallest absolute Gasteiger partial charge is 0.311 e. The molecule has 1 fully saturated rings. The molecule has 80 valence electrons. The number of rotatable bonds is 2. The average Bonchev–Trinajstić information content (AvgIpc) is 2.97. The SMILES string of the molecule is O=C(O)C1CCCc2onc(C3CC3)c21. The number of nitrogens with zero attached hydrogens (tertiary/aromatic N) is 1. The van der Waals surface area contributed by atoms with E-state index in [2.05, 4.69) is 5.16 Å². The van der Waals surface area contributed by atoms with Gasteiger partial charge in [-0.3, -0.25) is 4.79 Å². The molecule has 4 heteroatoms. The number of aromatic nitrogens is 1. The van der Waals surface area contributed by atoms with Crippen LogP contribution >= 0.6 is 0 Å². The first kappa shape index (κ1) is 8.95. The molecule has 0 radical (unpaired) electrons. The normalized spacial score (nSPS) is 24.9. The minimum Gasteiger partial charge on any atom is -0.481 e. The van der Waals surface area contributed by atoms with Crippen molar-refractivity contribution >= 4 is 5.97 Å². The van der Waals surface area contributed by atoms with Crippen LogP contribution in [0.15, 0.2) is 4.52 Å². The monoisotopic (exact) mass is 207 g/mol. The molecule has 4 nitrogen and oxygen atoms in total. The third kappa shape index (κ3) is 1.35. The van der Waals surface area contributed by atoms with E-state index >= 15 is 0 Å². The van der Waals surface area contributed by atoms with Gasteiger partial charge in [-0.25, -0.2) is 0 Å². The summed E-state index contributed by atoms with van der Waals surface area (Å²) in [5, 5.41) is 13.2. The second-order valence-electron chi connectivity index (χ2n) is 4.46. The molecule has 0 saturated heterocycles. The maximum Gasteiger partial charge on any atom is 0.311 e. The maximum atomic E-state index is 11.1. The molecular formula is C11H13NO3. The molecule has 0 bridgehead atoms. The zero-order chi connectivity index (χ0) is 10.4. The summed E-state index contributed by atoms with van der Waals surface area (Å²) < 4.78 is 5.26. The van der Waals surface area contributed by atoms with Crippen LogP contribution in [-0.2, 0) is 11.2 Å². The minimum atomic E-state index is -0.735. The van der Waals surface area contributed by atoms with E-state index in [0.29, 0.717) is 5.92 Å². The van der Waals surface area contributed by atoms with Crippen LogP contribution in [0.2, 0.25) is 0 Å². The highest BCUT2D eigenvalue weighted by Crippen LogP contribution is 2.46. The summed E-state index contributed by atoms with van der Waals surface area (Å²) in [4.78, 5) is 11.1. The van der Waals surface area contributed by atoms with Gasteiger partial charge >= 0.3 is 5.97 Å². The van der Waals surface area contributed by atoms with E-state index in [1.54, 1.807) is 0 Å². The van der Waals surface area contributed by atoms with Crippen LogP contribution in [0.3, 0.4) is 0 Å². The van der Waals surface area contributed by atoms with Gasteiger partial charge in [0.15, 0.2) is 0 Å². The second kappa shape index (κ2) is 3.08. The summed E-state index contributed by atoms with van der Waals surface area (Å²) in [6, 6.07) is 0. The van der Waals surface area contributed by atoms with Crippen LogP contribution < -0.4 is 0 Å². The van der Waals surface area contributed by atoms with E-state index in [0.717, 1.165) is 49.1 Å². The lowest BCUT2D eigenvalue weighted by molar-refractivity contribution is -0.139. The van der Waals surface area contributed by atoms with Crippen molar-refractivity contribution in [2.45, 2.75) is 43.9 Å². The quantitative estimate of drug-likeness (QED) is 0.806. The van der Waals surface area contributed by atoms with Crippen molar-refractivity contribution in [1.82, 2.24) is 5.16 Å². The molecule has 2 aliphatic rings. The molecule has 0 amide bonds. The average molecular weight is 207 g/mol. The van der Waals surface area contributed by atoms with Gasteiger partial charge in [0.05, 0.1) is 11.6 Å². The van der Waals surface area contributed by atoms with Crippen molar-refractivity contribution < 1.29 is 14.4 Å². The van der Waals surface area contributed by atoms with Crippen molar-refractivity contribution in [2.24, 2.45) is 0 Å². The molecule has 1 atom stereocenters. The van der Waals surface area contributed by atoms with Gasteiger partial charge < -0.3 is 9.63 Å². The fourth-order valence-corrected chi connectivity index (χ4v) is 2.41. The molecule has 1 unspecified atom stereocenters. The van der Waals surface area contributed by atoms with Crippen molar-refractivity contribution in [3.8, 4) is 0 Å². The van der Waals surface area contributed by atoms with Crippen molar-refractivity contribution in [3.05, 3.63) is 17.0 Å². The van der Waals surface area contributed by atoms with Crippen LogP contribution in [0, 0.1) is 0 Å². The zero-order valence-corrected chi connectivity index (χ0v) is 8.40. The summed E-state index contributed by atoms with van der Waals surface area (Å²) in [6.07, 6.45) is 4.72. The maximum absolute atomic E-state index is 11.1. The van der Waals surface area contributed by atoms with Gasteiger partial charge in [0, 0.05) is 17.9 Å². The number of aliphatic carboxylic acids is 1. The summed E-state index contributed by atoms with van der Waals surface area (Å²) in [5.41, 5.74) is 1.83. The van der Waals surface area contributed by atoms with Crippen molar-refractivity contribution in [2.75, 3.05) is 0 Å². The third-order valence-electron chi connectivity index (χ3n) is 3.34. The fourth-order valence-electron chi connectivity index (χ4n) is 2.41. The summed E-state index contributed by atoms with van der Waals surface area (Å²) in [7, 11) is 0. The van der Waals surface area contributed by atoms with Crippen molar-refractivity contribution in [1.29, 1.82) is 0 Å². The number of carboxylic acid groups (broad SMARTS) is 1. The predicted molar refractivity (Wildman–Crippen MR) is 51.8 cm³/mol. The molecule has 1 N–H and O–H groups in total. The van der Waals surface area contributed by atoms with Crippen LogP contribution in [0.5, 0.6) is 0 Å². The Morgan fingerprint density at radius 1 is 1.40 bits per heavy atom. The second-order valence-corrected chi connectivity index (χ2v) is 4.46. The van der Waals surface area contributed by atoms with E-state index in [-0.39, 0.29) is 5.92 Å². The van der Waals surface area contributed by atoms with E-state index in [1.807, 2.05) is 0 Å². The van der Waals surface area contributed by atoms with E-state index < -0.39 is 5.97 Å². The number of carboxylic acids is 1. The Balaban J connectivity index is 2.06. The van der Waals surface area contributed by atoms with Gasteiger partial charge in [-0.15, -0.1) is 0 Å². The molecule has 15 heavy (non-hydrogen) atoms. The first-order valence-corrected chi connectivity index (χ1v) is 5.48. The summed E-state index contributed by atoms with van der Waals surface area (Å²) in [5.74, 6) is 0.171. The topological polar surface area (TPSA) is 63.3 Å². The van der Waals surface area contributed by atoms with Gasteiger partial charge in [0.2, 0.25) is 0 Å². The lowest BCUT2D eigenvalue weighted by Gasteiger charge is -2.17. The van der Waals surface area contributed by atoms with E-state index in [1.165, 1.54) is 0 Å². The fraction of sp³-hybridized carbons (Fsp3) is 0.636. The molecular weight excluding hydrogens is 194 g/mol. The van der Waals surface area contributed by atoms with E-state index in [4.69, 9.17) is 9.63 Å². The largest absolute Gasteiger partial charge is 0.481 e. The number of hydrogen-bond acceptors (Lipinski definition) is 3. The Labute approximate surface area is 87.3 Å². The molecule has 1 heterocycles. The van der Waals surface area contributed by atoms with E-state index in [9.17, 15) is 4.79 Å². The van der Waals surface area contributed by atoms with Gasteiger partial charge in [-0.2, -0.15) is 0 Å². The molecule has 0 spiro atoms. The Morgan fingerprint density at radius 2 is 2.20 bits per heavy atom. The third-order valence-corrected chi connectivity index (χ3v) is 3.34. The molecule has 1 aromatic heterocycles. The number of carbonyl (C=O) groups is 1. The molecule has 2 aliphatic carbocycles. The van der Waals surface area contributed by atoms with Crippen molar-refractivity contribution in [3.63, 3.8) is 0 Å². The molecule has 1 saturated carbocycles. The molecule has 0 aliphatic heterocycles. The lowest BCUT2D eigenvalue weighted by atomic mass is 9.85. The lowest BCUT2D eigenvalue weighted by Crippen LogP contribution is -2.18. The first-order valence-electron chi connectivity index (χ1n) is 5.48. The predicted octanol–water partition coefficient (Wildman–Crippen LogP) is 2.06. The zero-order valence-electron chi connectivity index (χ0n) is 8.40. The highest BCUT2D eigenvalue weighted by Gasteiger charge is 2.38. The van der Waals surface area contributed by atoms with Gasteiger partial charge in [-0.1, -0.05) is 5.16 Å². The van der Waals surface area contributed by atoms with Crippen LogP contribution in [0.1, 0.15) is 54.5 Å². The highest BCUT2D eigenvalue weighted by atomic mass is 16.5.